The minimum absolute atomic E-state index is 0.0805. The molecule has 1 spiro atoms. The van der Waals surface area contributed by atoms with Gasteiger partial charge >= 0.3 is 0 Å². The highest BCUT2D eigenvalue weighted by molar-refractivity contribution is 5.76. The molecule has 6 nitrogen and oxygen atoms in total. The van der Waals surface area contributed by atoms with E-state index in [1.165, 1.54) is 6.42 Å². The molecule has 3 fully saturated rings. The standard InChI is InChI=1S/C16H29N3O3/c1-19-15(5-3-6-15)11-22-12-16(19,10-20)9-18-13-4-2-7-17-14(21)8-13/h13,18,20H,2-12H2,1H3,(H,17,21). The van der Waals surface area contributed by atoms with Gasteiger partial charge in [0, 0.05) is 31.1 Å². The van der Waals surface area contributed by atoms with Crippen molar-refractivity contribution in [2.24, 2.45) is 0 Å². The highest BCUT2D eigenvalue weighted by Crippen LogP contribution is 2.43. The maximum atomic E-state index is 11.7. The molecule has 1 aliphatic carbocycles. The quantitative estimate of drug-likeness (QED) is 0.674. The van der Waals surface area contributed by atoms with Crippen molar-refractivity contribution in [1.29, 1.82) is 0 Å². The Balaban J connectivity index is 1.64. The fourth-order valence-corrected chi connectivity index (χ4v) is 4.05. The summed E-state index contributed by atoms with van der Waals surface area (Å²) in [6.07, 6.45) is 6.07. The third-order valence-corrected chi connectivity index (χ3v) is 5.95. The SMILES string of the molecule is CN1C2(CCC2)COCC1(CO)CNC1CCCNC(=O)C1. The normalized spacial score (nSPS) is 35.7. The second-order valence-corrected chi connectivity index (χ2v) is 7.29. The number of carbonyl (C=O) groups excluding carboxylic acids is 1. The van der Waals surface area contributed by atoms with Gasteiger partial charge in [-0.25, -0.2) is 0 Å². The Kier molecular flexibility index (Phi) is 4.73. The molecule has 2 heterocycles. The van der Waals surface area contributed by atoms with Crippen LogP contribution in [0.5, 0.6) is 0 Å². The summed E-state index contributed by atoms with van der Waals surface area (Å²) in [5.74, 6) is 0.122. The van der Waals surface area contributed by atoms with E-state index in [0.717, 1.165) is 38.8 Å². The topological polar surface area (TPSA) is 73.8 Å². The number of amides is 1. The monoisotopic (exact) mass is 311 g/mol. The van der Waals surface area contributed by atoms with Crippen LogP contribution in [0.3, 0.4) is 0 Å². The molecule has 6 heteroatoms. The van der Waals surface area contributed by atoms with Crippen molar-refractivity contribution in [2.45, 2.75) is 55.6 Å². The summed E-state index contributed by atoms with van der Waals surface area (Å²) < 4.78 is 5.87. The molecule has 0 aromatic heterocycles. The van der Waals surface area contributed by atoms with Gasteiger partial charge in [-0.1, -0.05) is 0 Å². The van der Waals surface area contributed by atoms with Crippen molar-refractivity contribution in [1.82, 2.24) is 15.5 Å². The fraction of sp³-hybridized carbons (Fsp3) is 0.938. The zero-order chi connectivity index (χ0) is 15.6. The number of carbonyl (C=O) groups is 1. The highest BCUT2D eigenvalue weighted by atomic mass is 16.5. The van der Waals surface area contributed by atoms with Gasteiger partial charge in [0.25, 0.3) is 0 Å². The van der Waals surface area contributed by atoms with Crippen LogP contribution in [-0.4, -0.2) is 73.0 Å². The molecule has 3 rings (SSSR count). The molecule has 2 aliphatic heterocycles. The molecule has 1 saturated carbocycles. The van der Waals surface area contributed by atoms with Crippen LogP contribution >= 0.6 is 0 Å². The predicted octanol–water partition coefficient (Wildman–Crippen LogP) is -0.139. The molecule has 0 aromatic rings. The molecule has 126 valence electrons. The summed E-state index contributed by atoms with van der Waals surface area (Å²) in [5.41, 5.74) is -0.259. The molecule has 0 bridgehead atoms. The van der Waals surface area contributed by atoms with Gasteiger partial charge in [-0.2, -0.15) is 0 Å². The van der Waals surface area contributed by atoms with Gasteiger partial charge in [-0.3, -0.25) is 9.69 Å². The maximum Gasteiger partial charge on any atom is 0.221 e. The van der Waals surface area contributed by atoms with E-state index < -0.39 is 0 Å². The first kappa shape index (κ1) is 16.2. The molecular weight excluding hydrogens is 282 g/mol. The van der Waals surface area contributed by atoms with Gasteiger partial charge in [-0.15, -0.1) is 0 Å². The first-order valence-corrected chi connectivity index (χ1v) is 8.53. The molecule has 3 aliphatic rings. The van der Waals surface area contributed by atoms with Crippen LogP contribution in [0.4, 0.5) is 0 Å². The molecule has 3 N–H and O–H groups in total. The lowest BCUT2D eigenvalue weighted by molar-refractivity contribution is -0.180. The Bertz CT molecular complexity index is 413. The Hall–Kier alpha value is -0.690. The van der Waals surface area contributed by atoms with Crippen LogP contribution in [0.15, 0.2) is 0 Å². The average Bonchev–Trinajstić information content (AvgIpc) is 2.69. The number of rotatable bonds is 4. The van der Waals surface area contributed by atoms with Gasteiger partial charge in [0.05, 0.1) is 25.4 Å². The molecule has 2 atom stereocenters. The largest absolute Gasteiger partial charge is 0.394 e. The lowest BCUT2D eigenvalue weighted by Crippen LogP contribution is -2.73. The molecule has 0 aromatic carbocycles. The van der Waals surface area contributed by atoms with E-state index in [1.807, 2.05) is 0 Å². The molecule has 1 amide bonds. The van der Waals surface area contributed by atoms with Crippen LogP contribution in [0, 0.1) is 0 Å². The first-order valence-electron chi connectivity index (χ1n) is 8.53. The van der Waals surface area contributed by atoms with Gasteiger partial charge in [0.15, 0.2) is 0 Å². The van der Waals surface area contributed by atoms with E-state index >= 15 is 0 Å². The highest BCUT2D eigenvalue weighted by Gasteiger charge is 2.53. The Morgan fingerprint density at radius 1 is 1.41 bits per heavy atom. The molecule has 0 radical (unpaired) electrons. The van der Waals surface area contributed by atoms with Crippen molar-refractivity contribution < 1.29 is 14.6 Å². The second kappa shape index (κ2) is 6.43. The van der Waals surface area contributed by atoms with Crippen LogP contribution in [0.25, 0.3) is 0 Å². The number of morpholine rings is 1. The number of hydrogen-bond donors (Lipinski definition) is 3. The lowest BCUT2D eigenvalue weighted by Gasteiger charge is -2.59. The van der Waals surface area contributed by atoms with Crippen molar-refractivity contribution >= 4 is 5.91 Å². The van der Waals surface area contributed by atoms with E-state index in [2.05, 4.69) is 22.6 Å². The van der Waals surface area contributed by atoms with Crippen LogP contribution < -0.4 is 10.6 Å². The molecular formula is C16H29N3O3. The van der Waals surface area contributed by atoms with E-state index in [-0.39, 0.29) is 29.6 Å². The number of hydrogen-bond acceptors (Lipinski definition) is 5. The van der Waals surface area contributed by atoms with E-state index in [1.54, 1.807) is 0 Å². The number of nitrogens with zero attached hydrogens (tertiary/aromatic N) is 1. The minimum atomic E-state index is -0.374. The third kappa shape index (κ3) is 2.89. The first-order chi connectivity index (χ1) is 10.6. The van der Waals surface area contributed by atoms with Crippen LogP contribution in [0.2, 0.25) is 0 Å². The maximum absolute atomic E-state index is 11.7. The summed E-state index contributed by atoms with van der Waals surface area (Å²) in [7, 11) is 2.12. The summed E-state index contributed by atoms with van der Waals surface area (Å²) >= 11 is 0. The van der Waals surface area contributed by atoms with Crippen molar-refractivity contribution in [2.75, 3.05) is 40.0 Å². The summed E-state index contributed by atoms with van der Waals surface area (Å²) in [6, 6.07) is 0.193. The zero-order valence-electron chi connectivity index (χ0n) is 13.6. The summed E-state index contributed by atoms with van der Waals surface area (Å²) in [4.78, 5) is 14.0. The van der Waals surface area contributed by atoms with Crippen molar-refractivity contribution in [3.05, 3.63) is 0 Å². The van der Waals surface area contributed by atoms with Gasteiger partial charge in [0.1, 0.15) is 0 Å². The number of likely N-dealkylation sites (N-methyl/N-ethyl adjacent to an activating group) is 1. The number of ether oxygens (including phenoxy) is 1. The average molecular weight is 311 g/mol. The number of aliphatic hydroxyl groups excluding tert-OH is 1. The molecule has 2 unspecified atom stereocenters. The summed E-state index contributed by atoms with van der Waals surface area (Å²) in [6.45, 7) is 2.84. The van der Waals surface area contributed by atoms with Gasteiger partial charge < -0.3 is 20.5 Å². The van der Waals surface area contributed by atoms with E-state index in [0.29, 0.717) is 19.6 Å². The van der Waals surface area contributed by atoms with Crippen molar-refractivity contribution in [3.8, 4) is 0 Å². The molecule has 2 saturated heterocycles. The van der Waals surface area contributed by atoms with Gasteiger partial charge in [-0.05, 0) is 39.2 Å². The number of aliphatic hydroxyl groups is 1. The third-order valence-electron chi connectivity index (χ3n) is 5.95. The van der Waals surface area contributed by atoms with Crippen LogP contribution in [0.1, 0.15) is 38.5 Å². The Labute approximate surface area is 132 Å². The Morgan fingerprint density at radius 2 is 2.23 bits per heavy atom. The van der Waals surface area contributed by atoms with Gasteiger partial charge in [0.2, 0.25) is 5.91 Å². The predicted molar refractivity (Wildman–Crippen MR) is 83.6 cm³/mol. The van der Waals surface area contributed by atoms with E-state index in [4.69, 9.17) is 4.74 Å². The van der Waals surface area contributed by atoms with Crippen LogP contribution in [-0.2, 0) is 9.53 Å². The molecule has 22 heavy (non-hydrogen) atoms. The fourth-order valence-electron chi connectivity index (χ4n) is 4.05. The second-order valence-electron chi connectivity index (χ2n) is 7.29. The smallest absolute Gasteiger partial charge is 0.221 e. The number of nitrogens with one attached hydrogen (secondary N) is 2. The van der Waals surface area contributed by atoms with Crippen molar-refractivity contribution in [3.63, 3.8) is 0 Å². The zero-order valence-corrected chi connectivity index (χ0v) is 13.6. The Morgan fingerprint density at radius 3 is 2.91 bits per heavy atom. The lowest BCUT2D eigenvalue weighted by atomic mass is 9.72. The summed E-state index contributed by atoms with van der Waals surface area (Å²) in [5, 5.41) is 16.5. The van der Waals surface area contributed by atoms with E-state index in [9.17, 15) is 9.90 Å². The minimum Gasteiger partial charge on any atom is -0.394 e.